The fourth-order valence-electron chi connectivity index (χ4n) is 4.72. The van der Waals surface area contributed by atoms with E-state index in [1.807, 2.05) is 0 Å². The van der Waals surface area contributed by atoms with Gasteiger partial charge in [0.1, 0.15) is 23.8 Å². The summed E-state index contributed by atoms with van der Waals surface area (Å²) >= 11 is 0. The molecule has 11 nitrogen and oxygen atoms in total. The van der Waals surface area contributed by atoms with Crippen LogP contribution in [0.2, 0.25) is 0 Å². The third-order valence-electron chi connectivity index (χ3n) is 6.84. The Labute approximate surface area is 248 Å². The van der Waals surface area contributed by atoms with Crippen LogP contribution in [0.1, 0.15) is 11.1 Å². The van der Waals surface area contributed by atoms with Gasteiger partial charge < -0.3 is 18.6 Å². The highest BCUT2D eigenvalue weighted by molar-refractivity contribution is 5.89. The number of methoxy groups -OCH3 is 2. The lowest BCUT2D eigenvalue weighted by atomic mass is 10.1. The van der Waals surface area contributed by atoms with Crippen LogP contribution >= 0.6 is 0 Å². The molecular formula is C32H23FN4O7. The number of rotatable bonds is 9. The van der Waals surface area contributed by atoms with Crippen LogP contribution in [-0.2, 0) is 6.61 Å². The maximum atomic E-state index is 14.1. The summed E-state index contributed by atoms with van der Waals surface area (Å²) in [4.78, 5) is 29.7. The molecule has 0 saturated heterocycles. The summed E-state index contributed by atoms with van der Waals surface area (Å²) in [7, 11) is 2.86. The first-order valence-electron chi connectivity index (χ1n) is 13.2. The Morgan fingerprint density at radius 3 is 2.52 bits per heavy atom. The Morgan fingerprint density at radius 2 is 1.75 bits per heavy atom. The van der Waals surface area contributed by atoms with Crippen LogP contribution in [0.4, 0.5) is 10.1 Å². The van der Waals surface area contributed by atoms with E-state index in [2.05, 4.69) is 10.1 Å². The maximum Gasteiger partial charge on any atom is 0.315 e. The molecule has 0 aliphatic carbocycles. The summed E-state index contributed by atoms with van der Waals surface area (Å²) in [5.41, 5.74) is 0.470. The quantitative estimate of drug-likeness (QED) is 0.108. The van der Waals surface area contributed by atoms with Crippen LogP contribution in [-0.4, -0.2) is 35.0 Å². The average Bonchev–Trinajstić information content (AvgIpc) is 3.48. The lowest BCUT2D eigenvalue weighted by molar-refractivity contribution is -0.386. The molecule has 220 valence electrons. The second kappa shape index (κ2) is 11.7. The van der Waals surface area contributed by atoms with Crippen molar-refractivity contribution in [2.24, 2.45) is 5.10 Å². The van der Waals surface area contributed by atoms with Crippen LogP contribution in [0, 0.1) is 15.9 Å². The largest absolute Gasteiger partial charge is 0.496 e. The standard InChI is InChI=1S/C32H23FN4O7/c1-41-26-12-7-13-27-22(26)16-29(44-27)31-35-24-11-6-4-9-21(24)32(38)36(31)34-17-19-14-25(37(39)40)30(28(15-19)42-2)43-18-20-8-3-5-10-23(20)33/h3-17H,18H2,1-2H3. The minimum Gasteiger partial charge on any atom is -0.496 e. The molecule has 0 fully saturated rings. The number of nitro benzene ring substituents is 1. The Bertz CT molecular complexity index is 2140. The molecule has 6 aromatic rings. The van der Waals surface area contributed by atoms with E-state index < -0.39 is 22.0 Å². The average molecular weight is 595 g/mol. The van der Waals surface area contributed by atoms with Crippen molar-refractivity contribution < 1.29 is 27.9 Å². The Balaban J connectivity index is 1.45. The molecule has 2 heterocycles. The molecule has 0 N–H and O–H groups in total. The van der Waals surface area contributed by atoms with Crippen molar-refractivity contribution in [3.05, 3.63) is 122 Å². The van der Waals surface area contributed by atoms with Gasteiger partial charge in [-0.2, -0.15) is 9.78 Å². The topological polar surface area (TPSA) is 131 Å². The number of hydrogen-bond donors (Lipinski definition) is 0. The van der Waals surface area contributed by atoms with E-state index >= 15 is 0 Å². The highest BCUT2D eigenvalue weighted by atomic mass is 19.1. The molecule has 12 heteroatoms. The second-order valence-electron chi connectivity index (χ2n) is 9.51. The lowest BCUT2D eigenvalue weighted by Crippen LogP contribution is -2.20. The molecule has 0 radical (unpaired) electrons. The Morgan fingerprint density at radius 1 is 0.977 bits per heavy atom. The van der Waals surface area contributed by atoms with Crippen molar-refractivity contribution in [3.8, 4) is 28.8 Å². The maximum absolute atomic E-state index is 14.1. The van der Waals surface area contributed by atoms with Crippen molar-refractivity contribution in [1.82, 2.24) is 9.66 Å². The summed E-state index contributed by atoms with van der Waals surface area (Å²) in [6.07, 6.45) is 1.26. The number of nitrogens with zero attached hydrogens (tertiary/aromatic N) is 4. The van der Waals surface area contributed by atoms with E-state index in [1.54, 1.807) is 61.7 Å². The molecule has 44 heavy (non-hydrogen) atoms. The van der Waals surface area contributed by atoms with Crippen LogP contribution in [0.3, 0.4) is 0 Å². The summed E-state index contributed by atoms with van der Waals surface area (Å²) in [6, 6.07) is 22.4. The molecule has 0 aliphatic heterocycles. The fraction of sp³-hybridized carbons (Fsp3) is 0.0938. The van der Waals surface area contributed by atoms with Crippen molar-refractivity contribution in [2.45, 2.75) is 6.61 Å². The van der Waals surface area contributed by atoms with Gasteiger partial charge >= 0.3 is 5.69 Å². The summed E-state index contributed by atoms with van der Waals surface area (Å²) < 4.78 is 37.7. The number of para-hydroxylation sites is 1. The highest BCUT2D eigenvalue weighted by Crippen LogP contribution is 2.39. The summed E-state index contributed by atoms with van der Waals surface area (Å²) in [5.74, 6) is 0.266. The van der Waals surface area contributed by atoms with E-state index in [1.165, 1.54) is 43.7 Å². The van der Waals surface area contributed by atoms with E-state index in [9.17, 15) is 19.3 Å². The minimum absolute atomic E-state index is 0.0191. The first-order valence-corrected chi connectivity index (χ1v) is 13.2. The zero-order valence-electron chi connectivity index (χ0n) is 23.4. The first kappa shape index (κ1) is 28.1. The normalized spacial score (nSPS) is 11.3. The van der Waals surface area contributed by atoms with Crippen LogP contribution in [0.5, 0.6) is 17.2 Å². The third-order valence-corrected chi connectivity index (χ3v) is 6.84. The fourth-order valence-corrected chi connectivity index (χ4v) is 4.72. The molecule has 6 rings (SSSR count). The zero-order chi connectivity index (χ0) is 30.8. The smallest absolute Gasteiger partial charge is 0.315 e. The first-order chi connectivity index (χ1) is 21.4. The Hall–Kier alpha value is -6.04. The molecular weight excluding hydrogens is 571 g/mol. The van der Waals surface area contributed by atoms with Crippen LogP contribution in [0.15, 0.2) is 99.2 Å². The number of nitro groups is 1. The van der Waals surface area contributed by atoms with Crippen molar-refractivity contribution in [1.29, 1.82) is 0 Å². The van der Waals surface area contributed by atoms with Gasteiger partial charge in [-0.05, 0) is 42.5 Å². The number of benzene rings is 4. The SMILES string of the molecule is COc1cc(C=Nn2c(-c3cc4c(OC)cccc4o3)nc3ccccc3c2=O)cc([N+](=O)[O-])c1OCc1ccccc1F. The van der Waals surface area contributed by atoms with Gasteiger partial charge in [-0.15, -0.1) is 0 Å². The number of furan rings is 1. The van der Waals surface area contributed by atoms with Gasteiger partial charge in [0.15, 0.2) is 11.5 Å². The minimum atomic E-state index is -0.645. The molecule has 0 spiro atoms. The summed E-state index contributed by atoms with van der Waals surface area (Å²) in [6.45, 7) is -0.263. The van der Waals surface area contributed by atoms with E-state index in [0.717, 1.165) is 4.68 Å². The summed E-state index contributed by atoms with van der Waals surface area (Å²) in [5, 5.41) is 17.4. The number of ether oxygens (including phenoxy) is 3. The van der Waals surface area contributed by atoms with Gasteiger partial charge in [-0.3, -0.25) is 14.9 Å². The van der Waals surface area contributed by atoms with E-state index in [-0.39, 0.29) is 40.8 Å². The van der Waals surface area contributed by atoms with Gasteiger partial charge in [-0.1, -0.05) is 36.4 Å². The van der Waals surface area contributed by atoms with E-state index in [0.29, 0.717) is 27.6 Å². The lowest BCUT2D eigenvalue weighted by Gasteiger charge is -2.12. The van der Waals surface area contributed by atoms with Gasteiger partial charge in [0, 0.05) is 17.2 Å². The predicted molar refractivity (Wildman–Crippen MR) is 161 cm³/mol. The van der Waals surface area contributed by atoms with Gasteiger partial charge in [0.05, 0.1) is 41.6 Å². The predicted octanol–water partition coefficient (Wildman–Crippen LogP) is 6.34. The molecule has 0 unspecified atom stereocenters. The van der Waals surface area contributed by atoms with Crippen molar-refractivity contribution >= 4 is 33.8 Å². The zero-order valence-corrected chi connectivity index (χ0v) is 23.4. The highest BCUT2D eigenvalue weighted by Gasteiger charge is 2.23. The number of hydrogen-bond acceptors (Lipinski definition) is 9. The molecule has 0 atom stereocenters. The molecule has 0 saturated carbocycles. The monoisotopic (exact) mass is 594 g/mol. The van der Waals surface area contributed by atoms with Gasteiger partial charge in [-0.25, -0.2) is 9.37 Å². The second-order valence-corrected chi connectivity index (χ2v) is 9.51. The van der Waals surface area contributed by atoms with Gasteiger partial charge in [0.2, 0.25) is 11.6 Å². The van der Waals surface area contributed by atoms with Crippen LogP contribution in [0.25, 0.3) is 33.5 Å². The number of halogens is 1. The Kier molecular flexibility index (Phi) is 7.46. The molecule has 2 aromatic heterocycles. The molecule has 0 amide bonds. The number of fused-ring (bicyclic) bond motifs is 2. The van der Waals surface area contributed by atoms with Gasteiger partial charge in [0.25, 0.3) is 5.56 Å². The molecule has 4 aromatic carbocycles. The molecule has 0 bridgehead atoms. The van der Waals surface area contributed by atoms with E-state index in [4.69, 9.17) is 18.6 Å². The third kappa shape index (κ3) is 5.20. The van der Waals surface area contributed by atoms with Crippen molar-refractivity contribution in [3.63, 3.8) is 0 Å². The van der Waals surface area contributed by atoms with Crippen LogP contribution < -0.4 is 19.8 Å². The molecule has 0 aliphatic rings. The van der Waals surface area contributed by atoms with Crippen molar-refractivity contribution in [2.75, 3.05) is 14.2 Å². The number of aromatic nitrogens is 2.